The molecule has 3 N–H and O–H groups in total. The molecule has 0 aliphatic heterocycles. The molecule has 3 atom stereocenters. The Morgan fingerprint density at radius 1 is 0.500 bits per heavy atom. The van der Waals surface area contributed by atoms with E-state index in [4.69, 9.17) is 4.74 Å². The van der Waals surface area contributed by atoms with Crippen LogP contribution in [0.2, 0.25) is 0 Å². The zero-order valence-electron chi connectivity index (χ0n) is 40.1. The molecule has 0 aliphatic rings. The maximum absolute atomic E-state index is 13.2. The highest BCUT2D eigenvalue weighted by Crippen LogP contribution is 2.18. The number of esters is 1. The number of unbranched alkanes of at least 4 members (excludes halogenated alkanes) is 31. The highest BCUT2D eigenvalue weighted by molar-refractivity contribution is 5.77. The fourth-order valence-electron chi connectivity index (χ4n) is 8.08. The third kappa shape index (κ3) is 42.8. The van der Waals surface area contributed by atoms with E-state index in [2.05, 4.69) is 62.5 Å². The Labute approximate surface area is 373 Å². The van der Waals surface area contributed by atoms with Crippen molar-refractivity contribution in [1.29, 1.82) is 0 Å². The van der Waals surface area contributed by atoms with Gasteiger partial charge in [0.25, 0.3) is 0 Å². The zero-order chi connectivity index (χ0) is 43.8. The Morgan fingerprint density at radius 2 is 0.900 bits per heavy atom. The molecule has 0 aliphatic carbocycles. The first-order chi connectivity index (χ1) is 29.5. The Bertz CT molecular complexity index is 993. The van der Waals surface area contributed by atoms with Gasteiger partial charge in [-0.3, -0.25) is 9.59 Å². The number of carbonyl (C=O) groups is 2. The Balaban J connectivity index is 4.47. The monoisotopic (exact) mass is 844 g/mol. The fraction of sp³-hybridized carbons (Fsp3) is 0.852. The molecule has 1 amide bonds. The van der Waals surface area contributed by atoms with Gasteiger partial charge in [0.1, 0.15) is 6.10 Å². The largest absolute Gasteiger partial charge is 0.462 e. The van der Waals surface area contributed by atoms with Gasteiger partial charge in [-0.15, -0.1) is 0 Å². The number of aliphatic hydroxyl groups is 2. The second-order valence-electron chi connectivity index (χ2n) is 18.0. The maximum atomic E-state index is 13.2. The van der Waals surface area contributed by atoms with Crippen molar-refractivity contribution in [3.05, 3.63) is 36.5 Å². The molecule has 60 heavy (non-hydrogen) atoms. The predicted molar refractivity (Wildman–Crippen MR) is 259 cm³/mol. The lowest BCUT2D eigenvalue weighted by Crippen LogP contribution is -2.46. The van der Waals surface area contributed by atoms with Gasteiger partial charge in [-0.1, -0.05) is 250 Å². The third-order valence-corrected chi connectivity index (χ3v) is 12.0. The molecule has 0 saturated heterocycles. The van der Waals surface area contributed by atoms with Crippen LogP contribution in [0.3, 0.4) is 0 Å². The summed E-state index contributed by atoms with van der Waals surface area (Å²) < 4.78 is 5.92. The molecule has 0 spiro atoms. The summed E-state index contributed by atoms with van der Waals surface area (Å²) in [5, 5.41) is 23.8. The van der Waals surface area contributed by atoms with Gasteiger partial charge in [0, 0.05) is 6.42 Å². The lowest BCUT2D eigenvalue weighted by atomic mass is 10.0. The van der Waals surface area contributed by atoms with Gasteiger partial charge in [-0.05, 0) is 44.9 Å². The van der Waals surface area contributed by atoms with Gasteiger partial charge in [0.2, 0.25) is 5.91 Å². The van der Waals surface area contributed by atoms with Crippen LogP contribution in [0.15, 0.2) is 36.5 Å². The molecular weight excluding hydrogens is 743 g/mol. The van der Waals surface area contributed by atoms with Crippen LogP contribution in [0.25, 0.3) is 0 Å². The summed E-state index contributed by atoms with van der Waals surface area (Å²) >= 11 is 0. The number of hydrogen-bond acceptors (Lipinski definition) is 5. The number of carbonyl (C=O) groups excluding carboxylic acids is 2. The van der Waals surface area contributed by atoms with Crippen molar-refractivity contribution in [2.45, 2.75) is 289 Å². The van der Waals surface area contributed by atoms with Crippen LogP contribution in [0.5, 0.6) is 0 Å². The second kappa shape index (κ2) is 48.1. The number of allylic oxidation sites excluding steroid dienone is 6. The molecule has 6 heteroatoms. The quantitative estimate of drug-likeness (QED) is 0.0322. The van der Waals surface area contributed by atoms with Gasteiger partial charge >= 0.3 is 5.97 Å². The minimum Gasteiger partial charge on any atom is -0.462 e. The van der Waals surface area contributed by atoms with Crippen LogP contribution < -0.4 is 5.32 Å². The highest BCUT2D eigenvalue weighted by atomic mass is 16.5. The topological polar surface area (TPSA) is 95.9 Å². The normalized spacial score (nSPS) is 13.5. The molecule has 0 aromatic rings. The van der Waals surface area contributed by atoms with Crippen molar-refractivity contribution >= 4 is 11.9 Å². The molecule has 6 nitrogen and oxygen atoms in total. The summed E-state index contributed by atoms with van der Waals surface area (Å²) in [4.78, 5) is 26.1. The summed E-state index contributed by atoms with van der Waals surface area (Å²) in [6.45, 7) is 6.36. The maximum Gasteiger partial charge on any atom is 0.306 e. The number of amides is 1. The molecule has 0 rings (SSSR count). The van der Waals surface area contributed by atoms with E-state index in [0.717, 1.165) is 70.6 Å². The summed E-state index contributed by atoms with van der Waals surface area (Å²) in [5.74, 6) is -0.487. The van der Waals surface area contributed by atoms with E-state index in [1.165, 1.54) is 154 Å². The second-order valence-corrected chi connectivity index (χ2v) is 18.0. The number of ether oxygens (including phenoxy) is 1. The van der Waals surface area contributed by atoms with E-state index >= 15 is 0 Å². The van der Waals surface area contributed by atoms with Gasteiger partial charge in [0.05, 0.1) is 25.2 Å². The summed E-state index contributed by atoms with van der Waals surface area (Å²) in [6.07, 6.45) is 56.3. The first kappa shape index (κ1) is 58.1. The number of rotatable bonds is 47. The molecule has 0 aromatic carbocycles. The molecular formula is C54H101NO5. The van der Waals surface area contributed by atoms with E-state index in [0.29, 0.717) is 19.3 Å². The van der Waals surface area contributed by atoms with Crippen molar-refractivity contribution in [1.82, 2.24) is 5.32 Å². The van der Waals surface area contributed by atoms with Crippen molar-refractivity contribution in [3.8, 4) is 0 Å². The standard InChI is InChI=1S/C54H101NO5/c1-4-7-10-13-16-19-22-24-25-26-27-29-31-34-37-40-43-46-52(57)51(49-56)55-53(58)48-50(45-42-39-36-33-30-21-18-15-12-9-6-3)60-54(59)47-44-41-38-35-32-28-23-20-17-14-11-8-5-2/h8,11,14,17,20,23,50-52,56-57H,4-7,9-10,12-13,15-16,18-19,21-22,24-49H2,1-3H3,(H,55,58)/b11-8+,17-14+,23-20-. The molecule has 352 valence electrons. The average molecular weight is 844 g/mol. The van der Waals surface area contributed by atoms with E-state index in [1.807, 2.05) is 0 Å². The fourth-order valence-corrected chi connectivity index (χ4v) is 8.08. The number of hydrogen-bond donors (Lipinski definition) is 3. The molecule has 0 bridgehead atoms. The molecule has 0 saturated carbocycles. The average Bonchev–Trinajstić information content (AvgIpc) is 3.24. The summed E-state index contributed by atoms with van der Waals surface area (Å²) in [5.41, 5.74) is 0. The van der Waals surface area contributed by atoms with E-state index in [9.17, 15) is 19.8 Å². The lowest BCUT2D eigenvalue weighted by molar-refractivity contribution is -0.151. The Hall–Kier alpha value is -1.92. The molecule has 0 radical (unpaired) electrons. The molecule has 3 unspecified atom stereocenters. The highest BCUT2D eigenvalue weighted by Gasteiger charge is 2.24. The first-order valence-electron chi connectivity index (χ1n) is 26.2. The van der Waals surface area contributed by atoms with Gasteiger partial charge in [-0.2, -0.15) is 0 Å². The summed E-state index contributed by atoms with van der Waals surface area (Å²) in [6, 6.07) is -0.702. The van der Waals surface area contributed by atoms with Crippen LogP contribution in [0, 0.1) is 0 Å². The predicted octanol–water partition coefficient (Wildman–Crippen LogP) is 15.7. The summed E-state index contributed by atoms with van der Waals surface area (Å²) in [7, 11) is 0. The van der Waals surface area contributed by atoms with Crippen molar-refractivity contribution in [2.75, 3.05) is 6.61 Å². The molecule has 0 heterocycles. The minimum absolute atomic E-state index is 0.0729. The van der Waals surface area contributed by atoms with E-state index in [1.54, 1.807) is 0 Å². The van der Waals surface area contributed by atoms with Crippen LogP contribution in [0.4, 0.5) is 0 Å². The van der Waals surface area contributed by atoms with Gasteiger partial charge in [0.15, 0.2) is 0 Å². The van der Waals surface area contributed by atoms with Gasteiger partial charge < -0.3 is 20.3 Å². The number of aliphatic hydroxyl groups excluding tert-OH is 2. The zero-order valence-corrected chi connectivity index (χ0v) is 40.1. The van der Waals surface area contributed by atoms with Crippen LogP contribution >= 0.6 is 0 Å². The van der Waals surface area contributed by atoms with Crippen molar-refractivity contribution in [3.63, 3.8) is 0 Å². The smallest absolute Gasteiger partial charge is 0.306 e. The van der Waals surface area contributed by atoms with E-state index in [-0.39, 0.29) is 24.9 Å². The lowest BCUT2D eigenvalue weighted by Gasteiger charge is -2.24. The number of nitrogens with one attached hydrogen (secondary N) is 1. The first-order valence-corrected chi connectivity index (χ1v) is 26.2. The SMILES string of the molecule is CC/C=C/C=C/C=C\CCCCCCCC(=O)OC(CCCCCCCCCCCCC)CC(=O)NC(CO)C(O)CCCCCCCCCCCCCCCCCCC. The Morgan fingerprint density at radius 3 is 1.35 bits per heavy atom. The third-order valence-electron chi connectivity index (χ3n) is 12.0. The van der Waals surface area contributed by atoms with Gasteiger partial charge in [-0.25, -0.2) is 0 Å². The van der Waals surface area contributed by atoms with Crippen LogP contribution in [0.1, 0.15) is 271 Å². The van der Waals surface area contributed by atoms with E-state index < -0.39 is 18.2 Å². The molecule has 0 fully saturated rings. The van der Waals surface area contributed by atoms with Crippen molar-refractivity contribution in [2.24, 2.45) is 0 Å². The minimum atomic E-state index is -0.788. The van der Waals surface area contributed by atoms with Crippen LogP contribution in [-0.4, -0.2) is 46.9 Å². The van der Waals surface area contributed by atoms with Crippen molar-refractivity contribution < 1.29 is 24.5 Å². The van der Waals surface area contributed by atoms with Crippen LogP contribution in [-0.2, 0) is 14.3 Å². The molecule has 0 aromatic heterocycles. The Kier molecular flexibility index (Phi) is 46.6.